The van der Waals surface area contributed by atoms with Crippen molar-refractivity contribution in [2.45, 2.75) is 43.6 Å². The minimum absolute atomic E-state index is 0. The minimum Gasteiger partial charge on any atom is -0.416 e. The summed E-state index contributed by atoms with van der Waals surface area (Å²) in [5.41, 5.74) is 8.01. The number of hydrogen-bond acceptors (Lipinski definition) is 5. The van der Waals surface area contributed by atoms with Gasteiger partial charge < -0.3 is 10.2 Å². The summed E-state index contributed by atoms with van der Waals surface area (Å²) in [4.78, 5) is 0. The molecule has 0 atom stereocenters. The van der Waals surface area contributed by atoms with Crippen molar-refractivity contribution in [3.8, 4) is 0 Å². The van der Waals surface area contributed by atoms with Gasteiger partial charge in [0.2, 0.25) is 5.89 Å². The molecule has 0 spiro atoms. The van der Waals surface area contributed by atoms with Gasteiger partial charge in [0, 0.05) is 12.2 Å². The predicted molar refractivity (Wildman–Crippen MR) is 88.9 cm³/mol. The van der Waals surface area contributed by atoms with Gasteiger partial charge in [-0.25, -0.2) is 0 Å². The normalized spacial score (nSPS) is 10.4. The SMILES string of the molecule is Cc1cccc(CSc2nnc(CCCCCN)o2)c1.Cl. The first-order chi connectivity index (χ1) is 9.78. The van der Waals surface area contributed by atoms with Crippen molar-refractivity contribution < 1.29 is 4.42 Å². The van der Waals surface area contributed by atoms with E-state index in [0.717, 1.165) is 43.9 Å². The minimum atomic E-state index is 0. The van der Waals surface area contributed by atoms with Crippen LogP contribution in [0, 0.1) is 6.92 Å². The first-order valence-electron chi connectivity index (χ1n) is 6.98. The molecule has 0 radical (unpaired) electrons. The van der Waals surface area contributed by atoms with Crippen LogP contribution in [0.15, 0.2) is 33.9 Å². The monoisotopic (exact) mass is 327 g/mol. The standard InChI is InChI=1S/C15H21N3OS.ClH/c1-12-6-5-7-13(10-12)11-20-15-18-17-14(19-15)8-3-2-4-9-16;/h5-7,10H,2-4,8-9,11,16H2,1H3;1H. The van der Waals surface area contributed by atoms with Crippen LogP contribution in [0.1, 0.15) is 36.3 Å². The molecule has 0 aliphatic carbocycles. The highest BCUT2D eigenvalue weighted by Gasteiger charge is 2.06. The summed E-state index contributed by atoms with van der Waals surface area (Å²) < 4.78 is 5.63. The highest BCUT2D eigenvalue weighted by atomic mass is 35.5. The van der Waals surface area contributed by atoms with E-state index < -0.39 is 0 Å². The summed E-state index contributed by atoms with van der Waals surface area (Å²) in [5.74, 6) is 1.59. The van der Waals surface area contributed by atoms with Crippen LogP contribution in [0.4, 0.5) is 0 Å². The first-order valence-corrected chi connectivity index (χ1v) is 7.97. The maximum absolute atomic E-state index is 5.63. The van der Waals surface area contributed by atoms with E-state index in [2.05, 4.69) is 41.4 Å². The highest BCUT2D eigenvalue weighted by molar-refractivity contribution is 7.98. The zero-order valence-electron chi connectivity index (χ0n) is 12.2. The predicted octanol–water partition coefficient (Wildman–Crippen LogP) is 3.76. The molecule has 0 unspecified atom stereocenters. The largest absolute Gasteiger partial charge is 0.416 e. The summed E-state index contributed by atoms with van der Waals surface area (Å²) in [6.07, 6.45) is 4.08. The number of unbranched alkanes of at least 4 members (excludes halogenated alkanes) is 2. The Hall–Kier alpha value is -1.04. The third-order valence-corrected chi connectivity index (χ3v) is 3.88. The average molecular weight is 328 g/mol. The molecule has 4 nitrogen and oxygen atoms in total. The summed E-state index contributed by atoms with van der Waals surface area (Å²) in [6.45, 7) is 2.85. The van der Waals surface area contributed by atoms with Crippen molar-refractivity contribution in [2.75, 3.05) is 6.54 Å². The second-order valence-corrected chi connectivity index (χ2v) is 5.77. The van der Waals surface area contributed by atoms with Gasteiger partial charge in [-0.2, -0.15) is 0 Å². The second kappa shape index (κ2) is 9.82. The Balaban J connectivity index is 0.00000220. The van der Waals surface area contributed by atoms with E-state index in [4.69, 9.17) is 10.2 Å². The van der Waals surface area contributed by atoms with Gasteiger partial charge in [-0.15, -0.1) is 22.6 Å². The number of hydrogen-bond donors (Lipinski definition) is 1. The van der Waals surface area contributed by atoms with E-state index >= 15 is 0 Å². The number of nitrogens with two attached hydrogens (primary N) is 1. The van der Waals surface area contributed by atoms with Gasteiger partial charge in [0.1, 0.15) is 0 Å². The summed E-state index contributed by atoms with van der Waals surface area (Å²) in [5, 5.41) is 8.80. The van der Waals surface area contributed by atoms with Gasteiger partial charge >= 0.3 is 0 Å². The number of rotatable bonds is 8. The molecule has 0 aliphatic rings. The Morgan fingerprint density at radius 2 is 2.05 bits per heavy atom. The molecule has 0 aliphatic heterocycles. The molecular weight excluding hydrogens is 306 g/mol. The number of thioether (sulfide) groups is 1. The molecule has 6 heteroatoms. The first kappa shape index (κ1) is 18.0. The lowest BCUT2D eigenvalue weighted by atomic mass is 10.2. The van der Waals surface area contributed by atoms with E-state index in [1.54, 1.807) is 11.8 Å². The lowest BCUT2D eigenvalue weighted by molar-refractivity contribution is 0.407. The topological polar surface area (TPSA) is 64.9 Å². The van der Waals surface area contributed by atoms with Gasteiger partial charge in [0.15, 0.2) is 0 Å². The molecular formula is C15H22ClN3OS. The Labute approximate surface area is 136 Å². The van der Waals surface area contributed by atoms with Crippen LogP contribution >= 0.6 is 24.2 Å². The smallest absolute Gasteiger partial charge is 0.276 e. The maximum atomic E-state index is 5.63. The molecule has 0 amide bonds. The lowest BCUT2D eigenvalue weighted by Gasteiger charge is -1.99. The molecule has 2 aromatic rings. The molecule has 2 rings (SSSR count). The molecule has 1 aromatic carbocycles. The number of halogens is 1. The second-order valence-electron chi connectivity index (χ2n) is 4.84. The fourth-order valence-corrected chi connectivity index (χ4v) is 2.67. The Bertz CT molecular complexity index is 533. The summed E-state index contributed by atoms with van der Waals surface area (Å²) >= 11 is 1.59. The van der Waals surface area contributed by atoms with Crippen molar-refractivity contribution in [1.82, 2.24) is 10.2 Å². The van der Waals surface area contributed by atoms with Gasteiger partial charge in [0.05, 0.1) is 0 Å². The van der Waals surface area contributed by atoms with E-state index in [1.807, 2.05) is 0 Å². The zero-order valence-corrected chi connectivity index (χ0v) is 13.9. The van der Waals surface area contributed by atoms with E-state index in [-0.39, 0.29) is 12.4 Å². The van der Waals surface area contributed by atoms with E-state index in [1.165, 1.54) is 11.1 Å². The van der Waals surface area contributed by atoms with Crippen LogP contribution in [0.25, 0.3) is 0 Å². The lowest BCUT2D eigenvalue weighted by Crippen LogP contribution is -1.98. The highest BCUT2D eigenvalue weighted by Crippen LogP contribution is 2.22. The van der Waals surface area contributed by atoms with Crippen molar-refractivity contribution in [1.29, 1.82) is 0 Å². The van der Waals surface area contributed by atoms with Crippen molar-refractivity contribution in [3.63, 3.8) is 0 Å². The van der Waals surface area contributed by atoms with Crippen molar-refractivity contribution in [2.24, 2.45) is 5.73 Å². The van der Waals surface area contributed by atoms with Crippen LogP contribution in [-0.4, -0.2) is 16.7 Å². The number of benzene rings is 1. The average Bonchev–Trinajstić information content (AvgIpc) is 2.89. The van der Waals surface area contributed by atoms with Crippen LogP contribution in [0.5, 0.6) is 0 Å². The van der Waals surface area contributed by atoms with E-state index in [0.29, 0.717) is 5.22 Å². The Morgan fingerprint density at radius 1 is 1.19 bits per heavy atom. The quantitative estimate of drug-likeness (QED) is 0.590. The van der Waals surface area contributed by atoms with Gasteiger partial charge in [0.25, 0.3) is 5.22 Å². The fraction of sp³-hybridized carbons (Fsp3) is 0.467. The number of aromatic nitrogens is 2. The molecule has 0 fully saturated rings. The van der Waals surface area contributed by atoms with Gasteiger partial charge in [-0.05, 0) is 31.9 Å². The van der Waals surface area contributed by atoms with Crippen LogP contribution in [0.2, 0.25) is 0 Å². The molecule has 2 N–H and O–H groups in total. The third kappa shape index (κ3) is 6.50. The summed E-state index contributed by atoms with van der Waals surface area (Å²) in [7, 11) is 0. The molecule has 0 bridgehead atoms. The zero-order chi connectivity index (χ0) is 14.2. The number of aryl methyl sites for hydroxylation is 2. The molecule has 0 saturated heterocycles. The van der Waals surface area contributed by atoms with Crippen LogP contribution in [-0.2, 0) is 12.2 Å². The van der Waals surface area contributed by atoms with Crippen molar-refractivity contribution >= 4 is 24.2 Å². The molecule has 0 saturated carbocycles. The Morgan fingerprint density at radius 3 is 2.81 bits per heavy atom. The van der Waals surface area contributed by atoms with Crippen LogP contribution in [0.3, 0.4) is 0 Å². The van der Waals surface area contributed by atoms with Gasteiger partial charge in [-0.3, -0.25) is 0 Å². The van der Waals surface area contributed by atoms with Gasteiger partial charge in [-0.1, -0.05) is 48.0 Å². The molecule has 1 heterocycles. The van der Waals surface area contributed by atoms with Crippen LogP contribution < -0.4 is 5.73 Å². The number of nitrogens with zero attached hydrogens (tertiary/aromatic N) is 2. The third-order valence-electron chi connectivity index (χ3n) is 2.99. The molecule has 116 valence electrons. The molecule has 1 aromatic heterocycles. The molecule has 21 heavy (non-hydrogen) atoms. The van der Waals surface area contributed by atoms with Crippen molar-refractivity contribution in [3.05, 3.63) is 41.3 Å². The summed E-state index contributed by atoms with van der Waals surface area (Å²) in [6, 6.07) is 8.46. The Kier molecular flexibility index (Phi) is 8.42. The van der Waals surface area contributed by atoms with E-state index in [9.17, 15) is 0 Å². The fourth-order valence-electron chi connectivity index (χ4n) is 1.94. The maximum Gasteiger partial charge on any atom is 0.276 e.